The van der Waals surface area contributed by atoms with Crippen LogP contribution in [-0.4, -0.2) is 32.2 Å². The number of nitrogens with zero attached hydrogens (tertiary/aromatic N) is 5. The molecule has 0 atom stereocenters. The van der Waals surface area contributed by atoms with Crippen LogP contribution in [0.4, 0.5) is 32.3 Å². The fourth-order valence-corrected chi connectivity index (χ4v) is 5.86. The molecular weight excluding hydrogens is 665 g/mol. The molecule has 0 amide bonds. The number of hydrogen-bond acceptors (Lipinski definition) is 10. The Bertz CT molecular complexity index is 1890. The largest absolute Gasteiger partial charge is 0.495 e. The molecule has 0 radical (unpaired) electrons. The highest BCUT2D eigenvalue weighted by Crippen LogP contribution is 2.40. The molecule has 0 aliphatic rings. The summed E-state index contributed by atoms with van der Waals surface area (Å²) < 4.78 is 85.9. The number of benzene rings is 1. The fraction of sp³-hybridized carbons (Fsp3) is 0.160. The Balaban J connectivity index is 0.000000176. The van der Waals surface area contributed by atoms with Gasteiger partial charge in [0.05, 0.1) is 18.3 Å². The summed E-state index contributed by atoms with van der Waals surface area (Å²) in [5.41, 5.74) is 0.867. The van der Waals surface area contributed by atoms with E-state index in [1.54, 1.807) is 12.1 Å². The number of rotatable bonds is 5. The molecule has 0 aliphatic heterocycles. The average molecular weight is 679 g/mol. The van der Waals surface area contributed by atoms with Gasteiger partial charge < -0.3 is 14.6 Å². The number of anilines is 1. The minimum Gasteiger partial charge on any atom is -0.495 e. The van der Waals surface area contributed by atoms with Crippen LogP contribution in [-0.2, 0) is 18.9 Å². The minimum atomic E-state index is -4.43. The number of aromatic nitrogens is 5. The Morgan fingerprint density at radius 2 is 1.63 bits per heavy atom. The predicted molar refractivity (Wildman–Crippen MR) is 151 cm³/mol. The van der Waals surface area contributed by atoms with Gasteiger partial charge in [-0.1, -0.05) is 34.4 Å². The Morgan fingerprint density at radius 3 is 2.28 bits per heavy atom. The van der Waals surface area contributed by atoms with Crippen molar-refractivity contribution in [1.29, 1.82) is 0 Å². The molecule has 0 fully saturated rings. The lowest BCUT2D eigenvalue weighted by Crippen LogP contribution is -2.03. The molecule has 0 saturated carbocycles. The maximum atomic E-state index is 12.7. The standard InChI is InChI=1S/C15H11ClF3N3OS.C10H3ClF3N3OS/c1-23-11-3-2-8(4-10(11)16)6-20-14-21-7-9-5-12(15(17,18)19)24-13(9)22-14;11-7-4-3-6(10(12,13)14)19-9(4)17-8(16-7)5-1-2-15-18-5/h2-5,7H,6H2,1H3,(H,20,21,22);1-3H. The molecular formula is C25H14Cl2F6N6O2S2. The molecule has 0 unspecified atom stereocenters. The first-order valence-corrected chi connectivity index (χ1v) is 14.1. The van der Waals surface area contributed by atoms with E-state index < -0.39 is 22.1 Å². The molecule has 0 spiro atoms. The van der Waals surface area contributed by atoms with Gasteiger partial charge in [0, 0.05) is 29.6 Å². The third-order valence-corrected chi connectivity index (χ3v) is 8.25. The lowest BCUT2D eigenvalue weighted by atomic mass is 10.2. The van der Waals surface area contributed by atoms with Crippen LogP contribution >= 0.6 is 45.9 Å². The maximum Gasteiger partial charge on any atom is 0.425 e. The third kappa shape index (κ3) is 7.09. The van der Waals surface area contributed by atoms with Gasteiger partial charge in [-0.3, -0.25) is 0 Å². The molecule has 0 bridgehead atoms. The first-order chi connectivity index (χ1) is 20.3. The van der Waals surface area contributed by atoms with Crippen LogP contribution < -0.4 is 10.1 Å². The van der Waals surface area contributed by atoms with Crippen molar-refractivity contribution in [2.75, 3.05) is 12.4 Å². The van der Waals surface area contributed by atoms with E-state index in [4.69, 9.17) is 32.5 Å². The average Bonchev–Trinajstić information content (AvgIpc) is 3.71. The second kappa shape index (κ2) is 12.1. The van der Waals surface area contributed by atoms with Crippen LogP contribution in [0.15, 0.2) is 53.3 Å². The highest BCUT2D eigenvalue weighted by molar-refractivity contribution is 7.19. The van der Waals surface area contributed by atoms with Gasteiger partial charge in [0.15, 0.2) is 0 Å². The number of fused-ring (bicyclic) bond motifs is 2. The predicted octanol–water partition coefficient (Wildman–Crippen LogP) is 9.00. The molecule has 224 valence electrons. The number of ether oxygens (including phenoxy) is 1. The van der Waals surface area contributed by atoms with Crippen molar-refractivity contribution in [1.82, 2.24) is 25.1 Å². The molecule has 43 heavy (non-hydrogen) atoms. The molecule has 18 heteroatoms. The summed E-state index contributed by atoms with van der Waals surface area (Å²) in [7, 11) is 1.53. The summed E-state index contributed by atoms with van der Waals surface area (Å²) >= 11 is 13.0. The number of alkyl halides is 6. The molecule has 1 N–H and O–H groups in total. The number of methoxy groups -OCH3 is 1. The van der Waals surface area contributed by atoms with Crippen LogP contribution in [0.25, 0.3) is 32.0 Å². The van der Waals surface area contributed by atoms with E-state index in [1.165, 1.54) is 25.6 Å². The summed E-state index contributed by atoms with van der Waals surface area (Å²) in [5.74, 6) is 1.16. The monoisotopic (exact) mass is 678 g/mol. The van der Waals surface area contributed by atoms with E-state index in [2.05, 4.69) is 30.4 Å². The minimum absolute atomic E-state index is 0.0526. The first kappa shape index (κ1) is 30.7. The molecule has 0 aliphatic carbocycles. The Hall–Kier alpha value is -3.73. The lowest BCUT2D eigenvalue weighted by Gasteiger charge is -2.07. The molecule has 1 aromatic carbocycles. The topological polar surface area (TPSA) is 98.8 Å². The van der Waals surface area contributed by atoms with Crippen molar-refractivity contribution < 1.29 is 35.6 Å². The van der Waals surface area contributed by atoms with Gasteiger partial charge in [0.1, 0.15) is 30.3 Å². The first-order valence-electron chi connectivity index (χ1n) is 11.7. The van der Waals surface area contributed by atoms with Crippen molar-refractivity contribution in [3.63, 3.8) is 0 Å². The van der Waals surface area contributed by atoms with E-state index in [0.717, 1.165) is 17.7 Å². The zero-order valence-corrected chi connectivity index (χ0v) is 24.4. The molecule has 0 saturated heterocycles. The summed E-state index contributed by atoms with van der Waals surface area (Å²) in [6.45, 7) is 0.382. The molecule has 6 aromatic rings. The van der Waals surface area contributed by atoms with Gasteiger partial charge >= 0.3 is 12.4 Å². The van der Waals surface area contributed by atoms with Gasteiger partial charge in [-0.15, -0.1) is 22.7 Å². The fourth-order valence-electron chi connectivity index (χ4n) is 3.52. The number of thiophene rings is 2. The highest BCUT2D eigenvalue weighted by atomic mass is 35.5. The van der Waals surface area contributed by atoms with E-state index in [9.17, 15) is 26.3 Å². The van der Waals surface area contributed by atoms with Crippen LogP contribution in [0.5, 0.6) is 5.75 Å². The summed E-state index contributed by atoms with van der Waals surface area (Å²) in [6.07, 6.45) is -6.05. The van der Waals surface area contributed by atoms with Gasteiger partial charge in [-0.05, 0) is 29.8 Å². The summed E-state index contributed by atoms with van der Waals surface area (Å²) in [4.78, 5) is 15.0. The lowest BCUT2D eigenvalue weighted by molar-refractivity contribution is -0.135. The van der Waals surface area contributed by atoms with E-state index in [-0.39, 0.29) is 37.7 Å². The number of hydrogen-bond donors (Lipinski definition) is 1. The van der Waals surface area contributed by atoms with Gasteiger partial charge in [0.25, 0.3) is 0 Å². The maximum absolute atomic E-state index is 12.7. The van der Waals surface area contributed by atoms with Crippen molar-refractivity contribution in [3.8, 4) is 17.3 Å². The van der Waals surface area contributed by atoms with Crippen LogP contribution in [0, 0.1) is 0 Å². The second-order valence-electron chi connectivity index (χ2n) is 8.43. The molecule has 5 aromatic heterocycles. The van der Waals surface area contributed by atoms with Crippen molar-refractivity contribution >= 4 is 72.3 Å². The Labute approximate surface area is 255 Å². The third-order valence-electron chi connectivity index (χ3n) is 5.50. The molecule has 8 nitrogen and oxygen atoms in total. The van der Waals surface area contributed by atoms with Gasteiger partial charge in [-0.25, -0.2) is 19.9 Å². The van der Waals surface area contributed by atoms with Crippen molar-refractivity contribution in [2.45, 2.75) is 18.9 Å². The smallest absolute Gasteiger partial charge is 0.425 e. The number of nitrogens with one attached hydrogen (secondary N) is 1. The summed E-state index contributed by atoms with van der Waals surface area (Å²) in [6, 6.07) is 8.77. The van der Waals surface area contributed by atoms with E-state index >= 15 is 0 Å². The van der Waals surface area contributed by atoms with Gasteiger partial charge in [-0.2, -0.15) is 26.3 Å². The SMILES string of the molecule is COc1ccc(CNc2ncc3cc(C(F)(F)F)sc3n2)cc1Cl.FC(F)(F)c1cc2c(Cl)nc(-c3ccno3)nc2s1. The molecule has 6 rings (SSSR count). The highest BCUT2D eigenvalue weighted by Gasteiger charge is 2.34. The van der Waals surface area contributed by atoms with Crippen LogP contribution in [0.3, 0.4) is 0 Å². The second-order valence-corrected chi connectivity index (χ2v) is 11.3. The van der Waals surface area contributed by atoms with E-state index in [0.29, 0.717) is 45.4 Å². The zero-order chi connectivity index (χ0) is 30.9. The van der Waals surface area contributed by atoms with Crippen molar-refractivity contribution in [2.24, 2.45) is 0 Å². The van der Waals surface area contributed by atoms with Crippen LogP contribution in [0.1, 0.15) is 15.3 Å². The zero-order valence-electron chi connectivity index (χ0n) is 21.2. The van der Waals surface area contributed by atoms with Crippen molar-refractivity contribution in [3.05, 3.63) is 74.3 Å². The number of halogens is 8. The van der Waals surface area contributed by atoms with E-state index in [1.807, 2.05) is 6.07 Å². The van der Waals surface area contributed by atoms with Crippen LogP contribution in [0.2, 0.25) is 10.2 Å². The summed E-state index contributed by atoms with van der Waals surface area (Å²) in [5, 5.41) is 7.40. The quantitative estimate of drug-likeness (QED) is 0.142. The Kier molecular flexibility index (Phi) is 8.65. The normalized spacial score (nSPS) is 11.9. The van der Waals surface area contributed by atoms with Gasteiger partial charge in [0.2, 0.25) is 17.5 Å². The molecule has 5 heterocycles. The Morgan fingerprint density at radius 1 is 0.907 bits per heavy atom.